The quantitative estimate of drug-likeness (QED) is 0.282. The molecule has 142 valence electrons. The molecule has 0 amide bonds. The zero-order valence-corrected chi connectivity index (χ0v) is 17.0. The van der Waals surface area contributed by atoms with E-state index < -0.39 is 0 Å². The molecule has 0 fully saturated rings. The van der Waals surface area contributed by atoms with Gasteiger partial charge in [0.25, 0.3) is 0 Å². The van der Waals surface area contributed by atoms with E-state index in [1.807, 2.05) is 12.1 Å². The number of hydrogen-bond donors (Lipinski definition) is 2. The minimum absolute atomic E-state index is 0.187. The Hall–Kier alpha value is -2.28. The van der Waals surface area contributed by atoms with Gasteiger partial charge in [0.2, 0.25) is 0 Å². The van der Waals surface area contributed by atoms with E-state index in [1.54, 1.807) is 43.7 Å². The summed E-state index contributed by atoms with van der Waals surface area (Å²) < 4.78 is 11.3. The van der Waals surface area contributed by atoms with E-state index in [1.165, 1.54) is 0 Å². The van der Waals surface area contributed by atoms with Crippen molar-refractivity contribution in [2.24, 2.45) is 5.10 Å². The highest BCUT2D eigenvalue weighted by Crippen LogP contribution is 2.32. The molecule has 2 aromatic rings. The van der Waals surface area contributed by atoms with Gasteiger partial charge in [0.05, 0.1) is 13.3 Å². The SMILES string of the molecule is C=CCNC(=S)N/N=C/c1cccc(OC)c1OCc1c(Cl)cccc1Cl. The van der Waals surface area contributed by atoms with E-state index in [0.29, 0.717) is 44.3 Å². The molecule has 0 saturated carbocycles. The number of benzene rings is 2. The third-order valence-electron chi connectivity index (χ3n) is 3.43. The first kappa shape index (κ1) is 21.0. The van der Waals surface area contributed by atoms with Crippen LogP contribution in [0.15, 0.2) is 54.2 Å². The van der Waals surface area contributed by atoms with Crippen LogP contribution < -0.4 is 20.2 Å². The molecule has 0 aliphatic rings. The molecule has 0 unspecified atom stereocenters. The number of nitrogens with one attached hydrogen (secondary N) is 2. The Morgan fingerprint density at radius 1 is 1.22 bits per heavy atom. The van der Waals surface area contributed by atoms with Gasteiger partial charge in [0.15, 0.2) is 16.6 Å². The number of halogens is 2. The Balaban J connectivity index is 2.17. The molecule has 8 heteroatoms. The summed E-state index contributed by atoms with van der Waals surface area (Å²) >= 11 is 17.5. The Morgan fingerprint density at radius 3 is 2.59 bits per heavy atom. The van der Waals surface area contributed by atoms with Crippen LogP contribution in [0.5, 0.6) is 11.5 Å². The molecule has 0 radical (unpaired) electrons. The van der Waals surface area contributed by atoms with Gasteiger partial charge in [0, 0.05) is 27.7 Å². The summed E-state index contributed by atoms with van der Waals surface area (Å²) in [5.41, 5.74) is 4.13. The molecule has 0 aliphatic carbocycles. The fourth-order valence-corrected chi connectivity index (χ4v) is 2.77. The lowest BCUT2D eigenvalue weighted by atomic mass is 10.2. The molecule has 0 spiro atoms. The number of hydrogen-bond acceptors (Lipinski definition) is 4. The van der Waals surface area contributed by atoms with Crippen LogP contribution in [0.25, 0.3) is 0 Å². The van der Waals surface area contributed by atoms with Crippen LogP contribution in [-0.2, 0) is 6.61 Å². The minimum Gasteiger partial charge on any atom is -0.493 e. The fourth-order valence-electron chi connectivity index (χ4n) is 2.13. The van der Waals surface area contributed by atoms with Crippen LogP contribution >= 0.6 is 35.4 Å². The standard InChI is InChI=1S/C19H19Cl2N3O2S/c1-3-10-22-19(27)24-23-11-13-6-4-9-17(25-2)18(13)26-12-14-15(20)7-5-8-16(14)21/h3-9,11H,1,10,12H2,2H3,(H2,22,24,27)/b23-11+. The number of ether oxygens (including phenoxy) is 2. The largest absolute Gasteiger partial charge is 0.493 e. The molecule has 0 saturated heterocycles. The Morgan fingerprint density at radius 2 is 1.93 bits per heavy atom. The normalized spacial score (nSPS) is 10.5. The van der Waals surface area contributed by atoms with E-state index >= 15 is 0 Å². The van der Waals surface area contributed by atoms with Gasteiger partial charge in [-0.2, -0.15) is 5.10 Å². The highest BCUT2D eigenvalue weighted by atomic mass is 35.5. The van der Waals surface area contributed by atoms with Gasteiger partial charge in [-0.15, -0.1) is 6.58 Å². The van der Waals surface area contributed by atoms with Crippen molar-refractivity contribution < 1.29 is 9.47 Å². The van der Waals surface area contributed by atoms with Gasteiger partial charge < -0.3 is 14.8 Å². The van der Waals surface area contributed by atoms with Crippen molar-refractivity contribution in [2.75, 3.05) is 13.7 Å². The van der Waals surface area contributed by atoms with Crippen LogP contribution in [-0.4, -0.2) is 25.0 Å². The average molecular weight is 424 g/mol. The Kier molecular flexibility index (Phi) is 8.39. The summed E-state index contributed by atoms with van der Waals surface area (Å²) in [6.45, 7) is 4.35. The lowest BCUT2D eigenvalue weighted by Gasteiger charge is -2.14. The number of methoxy groups -OCH3 is 1. The van der Waals surface area contributed by atoms with E-state index in [0.717, 1.165) is 0 Å². The van der Waals surface area contributed by atoms with E-state index in [2.05, 4.69) is 22.4 Å². The third-order valence-corrected chi connectivity index (χ3v) is 4.37. The first-order valence-corrected chi connectivity index (χ1v) is 9.13. The van der Waals surface area contributed by atoms with Crippen LogP contribution in [0, 0.1) is 0 Å². The maximum absolute atomic E-state index is 6.21. The van der Waals surface area contributed by atoms with Crippen LogP contribution in [0.4, 0.5) is 0 Å². The lowest BCUT2D eigenvalue weighted by Crippen LogP contribution is -2.31. The summed E-state index contributed by atoms with van der Waals surface area (Å²) in [5, 5.41) is 8.50. The van der Waals surface area contributed by atoms with E-state index in [4.69, 9.17) is 44.9 Å². The smallest absolute Gasteiger partial charge is 0.187 e. The van der Waals surface area contributed by atoms with Gasteiger partial charge in [-0.1, -0.05) is 41.4 Å². The average Bonchev–Trinajstić information content (AvgIpc) is 2.66. The van der Waals surface area contributed by atoms with Crippen molar-refractivity contribution in [2.45, 2.75) is 6.61 Å². The monoisotopic (exact) mass is 423 g/mol. The van der Waals surface area contributed by atoms with E-state index in [9.17, 15) is 0 Å². The summed E-state index contributed by atoms with van der Waals surface area (Å²) in [4.78, 5) is 0. The molecular weight excluding hydrogens is 405 g/mol. The van der Waals surface area contributed by atoms with Crippen molar-refractivity contribution in [1.29, 1.82) is 0 Å². The van der Waals surface area contributed by atoms with Gasteiger partial charge >= 0.3 is 0 Å². The molecule has 2 aromatic carbocycles. The van der Waals surface area contributed by atoms with Crippen molar-refractivity contribution in [1.82, 2.24) is 10.7 Å². The molecular formula is C19H19Cl2N3O2S. The summed E-state index contributed by atoms with van der Waals surface area (Å²) in [7, 11) is 1.57. The van der Waals surface area contributed by atoms with Crippen molar-refractivity contribution >= 4 is 46.7 Å². The maximum atomic E-state index is 6.21. The number of thiocarbonyl (C=S) groups is 1. The molecule has 0 bridgehead atoms. The number of para-hydroxylation sites is 1. The number of rotatable bonds is 8. The van der Waals surface area contributed by atoms with Crippen molar-refractivity contribution in [3.8, 4) is 11.5 Å². The van der Waals surface area contributed by atoms with Crippen LogP contribution in [0.3, 0.4) is 0 Å². The van der Waals surface area contributed by atoms with Crippen LogP contribution in [0.2, 0.25) is 10.0 Å². The molecule has 2 N–H and O–H groups in total. The molecule has 2 rings (SSSR count). The second kappa shape index (κ2) is 10.8. The zero-order valence-electron chi connectivity index (χ0n) is 14.7. The highest BCUT2D eigenvalue weighted by molar-refractivity contribution is 7.80. The predicted octanol–water partition coefficient (Wildman–Crippen LogP) is 4.57. The first-order chi connectivity index (χ1) is 13.1. The Bertz CT molecular complexity index is 823. The minimum atomic E-state index is 0.187. The molecule has 0 heterocycles. The van der Waals surface area contributed by atoms with Crippen molar-refractivity contribution in [3.05, 3.63) is 70.2 Å². The molecule has 0 atom stereocenters. The second-order valence-electron chi connectivity index (χ2n) is 5.24. The predicted molar refractivity (Wildman–Crippen MR) is 115 cm³/mol. The van der Waals surface area contributed by atoms with Gasteiger partial charge in [0.1, 0.15) is 6.61 Å². The topological polar surface area (TPSA) is 54.9 Å². The Labute approximate surface area is 174 Å². The zero-order chi connectivity index (χ0) is 19.6. The third kappa shape index (κ3) is 6.13. The maximum Gasteiger partial charge on any atom is 0.187 e. The summed E-state index contributed by atoms with van der Waals surface area (Å²) in [6.07, 6.45) is 3.29. The second-order valence-corrected chi connectivity index (χ2v) is 6.46. The number of hydrazone groups is 1. The molecule has 0 aromatic heterocycles. The molecule has 5 nitrogen and oxygen atoms in total. The van der Waals surface area contributed by atoms with Gasteiger partial charge in [-0.05, 0) is 36.5 Å². The first-order valence-electron chi connectivity index (χ1n) is 7.97. The summed E-state index contributed by atoms with van der Waals surface area (Å²) in [6, 6.07) is 10.8. The molecule has 27 heavy (non-hydrogen) atoms. The fraction of sp³-hybridized carbons (Fsp3) is 0.158. The van der Waals surface area contributed by atoms with Gasteiger partial charge in [-0.25, -0.2) is 0 Å². The van der Waals surface area contributed by atoms with E-state index in [-0.39, 0.29) is 6.61 Å². The van der Waals surface area contributed by atoms with Crippen LogP contribution in [0.1, 0.15) is 11.1 Å². The lowest BCUT2D eigenvalue weighted by molar-refractivity contribution is 0.284. The van der Waals surface area contributed by atoms with Gasteiger partial charge in [-0.3, -0.25) is 5.43 Å². The summed E-state index contributed by atoms with van der Waals surface area (Å²) in [5.74, 6) is 1.08. The number of nitrogens with zero attached hydrogens (tertiary/aromatic N) is 1. The highest BCUT2D eigenvalue weighted by Gasteiger charge is 2.12. The molecule has 0 aliphatic heterocycles. The van der Waals surface area contributed by atoms with Crippen molar-refractivity contribution in [3.63, 3.8) is 0 Å².